The number of ether oxygens (including phenoxy) is 2. The van der Waals surface area contributed by atoms with E-state index in [0.717, 1.165) is 6.07 Å². The van der Waals surface area contributed by atoms with Crippen LogP contribution in [0.15, 0.2) is 42.5 Å². The van der Waals surface area contributed by atoms with Gasteiger partial charge in [-0.2, -0.15) is 13.2 Å². The molecule has 0 aromatic heterocycles. The maximum atomic E-state index is 12.9. The van der Waals surface area contributed by atoms with E-state index >= 15 is 0 Å². The molecule has 1 fully saturated rings. The molecule has 2 aliphatic rings. The Morgan fingerprint density at radius 3 is 2.45 bits per heavy atom. The number of fused-ring (bicyclic) bond motifs is 1. The number of hydrogen-bond donors (Lipinski definition) is 0. The first kappa shape index (κ1) is 19.8. The first-order valence-corrected chi connectivity index (χ1v) is 9.72. The van der Waals surface area contributed by atoms with Crippen LogP contribution in [0.5, 0.6) is 11.5 Å². The molecule has 0 unspecified atom stereocenters. The van der Waals surface area contributed by atoms with E-state index in [9.17, 15) is 18.0 Å². The van der Waals surface area contributed by atoms with Gasteiger partial charge in [-0.3, -0.25) is 9.69 Å². The highest BCUT2D eigenvalue weighted by Gasteiger charge is 2.31. The number of rotatable bonds is 4. The number of alkyl halides is 3. The number of carbonyl (C=O) groups excluding carboxylic acids is 1. The lowest BCUT2D eigenvalue weighted by molar-refractivity contribution is -0.137. The quantitative estimate of drug-likeness (QED) is 0.699. The van der Waals surface area contributed by atoms with Crippen molar-refractivity contribution in [3.05, 3.63) is 59.2 Å². The van der Waals surface area contributed by atoms with E-state index in [0.29, 0.717) is 68.3 Å². The molecular weight excluding hydrogens is 383 g/mol. The molecule has 0 spiro atoms. The fraction of sp³-hybridized carbons (Fsp3) is 0.409. The van der Waals surface area contributed by atoms with E-state index in [-0.39, 0.29) is 11.7 Å². The molecule has 0 amide bonds. The second-order valence-corrected chi connectivity index (χ2v) is 7.47. The van der Waals surface area contributed by atoms with Crippen LogP contribution in [0, 0.1) is 5.92 Å². The van der Waals surface area contributed by atoms with Gasteiger partial charge in [0, 0.05) is 18.0 Å². The molecule has 0 aliphatic carbocycles. The summed E-state index contributed by atoms with van der Waals surface area (Å²) in [6.45, 7) is 2.78. The van der Waals surface area contributed by atoms with Crippen LogP contribution in [-0.4, -0.2) is 37.0 Å². The van der Waals surface area contributed by atoms with E-state index in [2.05, 4.69) is 4.90 Å². The second-order valence-electron chi connectivity index (χ2n) is 7.47. The maximum absolute atomic E-state index is 12.9. The summed E-state index contributed by atoms with van der Waals surface area (Å²) in [5, 5.41) is 0. The van der Waals surface area contributed by atoms with Gasteiger partial charge in [-0.15, -0.1) is 0 Å². The van der Waals surface area contributed by atoms with Crippen LogP contribution >= 0.6 is 0 Å². The van der Waals surface area contributed by atoms with Gasteiger partial charge in [0.2, 0.25) is 0 Å². The summed E-state index contributed by atoms with van der Waals surface area (Å²) in [5.41, 5.74) is 0.626. The number of piperidine rings is 1. The third-order valence-electron chi connectivity index (χ3n) is 5.45. The minimum Gasteiger partial charge on any atom is -0.486 e. The van der Waals surface area contributed by atoms with Gasteiger partial charge in [-0.1, -0.05) is 18.2 Å². The number of hydrogen-bond acceptors (Lipinski definition) is 4. The Bertz CT molecular complexity index is 889. The van der Waals surface area contributed by atoms with Crippen LogP contribution in [0.3, 0.4) is 0 Å². The minimum absolute atomic E-state index is 0.0840. The van der Waals surface area contributed by atoms with E-state index in [1.54, 1.807) is 24.3 Å². The largest absolute Gasteiger partial charge is 0.486 e. The summed E-state index contributed by atoms with van der Waals surface area (Å²) in [6, 6.07) is 10.7. The molecule has 1 saturated heterocycles. The van der Waals surface area contributed by atoms with Crippen LogP contribution in [0.2, 0.25) is 0 Å². The number of nitrogens with zero attached hydrogens (tertiary/aromatic N) is 1. The molecule has 4 nitrogen and oxygen atoms in total. The first-order valence-electron chi connectivity index (χ1n) is 9.72. The maximum Gasteiger partial charge on any atom is 0.416 e. The highest BCUT2D eigenvalue weighted by atomic mass is 19.4. The van der Waals surface area contributed by atoms with Gasteiger partial charge in [-0.05, 0) is 55.8 Å². The predicted molar refractivity (Wildman–Crippen MR) is 101 cm³/mol. The van der Waals surface area contributed by atoms with Crippen molar-refractivity contribution in [2.75, 3.05) is 26.3 Å². The summed E-state index contributed by atoms with van der Waals surface area (Å²) in [7, 11) is 0. The van der Waals surface area contributed by atoms with Crippen molar-refractivity contribution in [1.82, 2.24) is 4.90 Å². The average molecular weight is 405 g/mol. The molecule has 2 heterocycles. The van der Waals surface area contributed by atoms with Crippen LogP contribution in [0.1, 0.15) is 34.3 Å². The Morgan fingerprint density at radius 1 is 1.00 bits per heavy atom. The van der Waals surface area contributed by atoms with Crippen molar-refractivity contribution < 1.29 is 27.4 Å². The fourth-order valence-corrected chi connectivity index (χ4v) is 3.89. The normalized spacial score (nSPS) is 17.9. The summed E-state index contributed by atoms with van der Waals surface area (Å²) < 4.78 is 49.7. The van der Waals surface area contributed by atoms with Crippen molar-refractivity contribution in [2.24, 2.45) is 5.92 Å². The molecule has 0 radical (unpaired) electrons. The topological polar surface area (TPSA) is 38.8 Å². The molecule has 4 rings (SSSR count). The fourth-order valence-electron chi connectivity index (χ4n) is 3.89. The zero-order valence-corrected chi connectivity index (χ0v) is 15.9. The highest BCUT2D eigenvalue weighted by Crippen LogP contribution is 2.33. The Kier molecular flexibility index (Phi) is 5.50. The SMILES string of the molecule is O=C(c1ccc2c(c1)OCCO2)C1CCN(Cc2cccc(C(F)(F)F)c2)CC1. The van der Waals surface area contributed by atoms with Gasteiger partial charge in [0.05, 0.1) is 5.56 Å². The van der Waals surface area contributed by atoms with Crippen molar-refractivity contribution in [3.63, 3.8) is 0 Å². The molecule has 2 aromatic carbocycles. The molecule has 0 atom stereocenters. The van der Waals surface area contributed by atoms with Crippen molar-refractivity contribution in [1.29, 1.82) is 0 Å². The van der Waals surface area contributed by atoms with E-state index in [1.807, 2.05) is 0 Å². The standard InChI is InChI=1S/C22H22F3NO3/c23-22(24,25)18-3-1-2-15(12-18)14-26-8-6-16(7-9-26)21(27)17-4-5-19-20(13-17)29-11-10-28-19/h1-5,12-13,16H,6-11,14H2. The van der Waals surface area contributed by atoms with Crippen LogP contribution < -0.4 is 9.47 Å². The molecule has 0 bridgehead atoms. The zero-order valence-electron chi connectivity index (χ0n) is 15.9. The Balaban J connectivity index is 1.35. The van der Waals surface area contributed by atoms with Crippen LogP contribution in [-0.2, 0) is 12.7 Å². The zero-order chi connectivity index (χ0) is 20.4. The number of likely N-dealkylation sites (tertiary alicyclic amines) is 1. The van der Waals surface area contributed by atoms with Crippen LogP contribution in [0.25, 0.3) is 0 Å². The van der Waals surface area contributed by atoms with E-state index in [1.165, 1.54) is 12.1 Å². The minimum atomic E-state index is -4.33. The number of halogens is 3. The average Bonchev–Trinajstić information content (AvgIpc) is 2.73. The smallest absolute Gasteiger partial charge is 0.416 e. The second kappa shape index (κ2) is 8.06. The van der Waals surface area contributed by atoms with Gasteiger partial charge in [-0.25, -0.2) is 0 Å². The molecule has 0 N–H and O–H groups in total. The van der Waals surface area contributed by atoms with E-state index < -0.39 is 11.7 Å². The summed E-state index contributed by atoms with van der Waals surface area (Å²) in [4.78, 5) is 15.0. The molecule has 0 saturated carbocycles. The highest BCUT2D eigenvalue weighted by molar-refractivity contribution is 5.98. The number of Topliss-reactive ketones (excluding diaryl/α,β-unsaturated/α-hetero) is 1. The third-order valence-corrected chi connectivity index (χ3v) is 5.45. The summed E-state index contributed by atoms with van der Waals surface area (Å²) in [5.74, 6) is 1.25. The van der Waals surface area contributed by atoms with Gasteiger partial charge in [0.25, 0.3) is 0 Å². The van der Waals surface area contributed by atoms with Gasteiger partial charge >= 0.3 is 6.18 Å². The van der Waals surface area contributed by atoms with Gasteiger partial charge in [0.1, 0.15) is 13.2 Å². The predicted octanol–water partition coefficient (Wildman–Crippen LogP) is 4.57. The molecule has 154 valence electrons. The Morgan fingerprint density at radius 2 is 1.72 bits per heavy atom. The molecule has 7 heteroatoms. The molecule has 29 heavy (non-hydrogen) atoms. The summed E-state index contributed by atoms with van der Waals surface area (Å²) in [6.07, 6.45) is -2.96. The van der Waals surface area contributed by atoms with Gasteiger partial charge in [0.15, 0.2) is 17.3 Å². The Labute approximate surface area is 167 Å². The van der Waals surface area contributed by atoms with Crippen molar-refractivity contribution in [3.8, 4) is 11.5 Å². The van der Waals surface area contributed by atoms with Crippen LogP contribution in [0.4, 0.5) is 13.2 Å². The van der Waals surface area contributed by atoms with Crippen molar-refractivity contribution >= 4 is 5.78 Å². The lowest BCUT2D eigenvalue weighted by atomic mass is 9.88. The number of ketones is 1. The van der Waals surface area contributed by atoms with Gasteiger partial charge < -0.3 is 9.47 Å². The third kappa shape index (κ3) is 4.56. The molecule has 2 aliphatic heterocycles. The lowest BCUT2D eigenvalue weighted by Crippen LogP contribution is -2.36. The van der Waals surface area contributed by atoms with Crippen molar-refractivity contribution in [2.45, 2.75) is 25.6 Å². The first-order chi connectivity index (χ1) is 13.9. The molecular formula is C22H22F3NO3. The number of carbonyl (C=O) groups is 1. The monoisotopic (exact) mass is 405 g/mol. The lowest BCUT2D eigenvalue weighted by Gasteiger charge is -2.31. The molecule has 2 aromatic rings. The summed E-state index contributed by atoms with van der Waals surface area (Å²) >= 11 is 0. The Hall–Kier alpha value is -2.54. The number of benzene rings is 2. The van der Waals surface area contributed by atoms with E-state index in [4.69, 9.17) is 9.47 Å².